The van der Waals surface area contributed by atoms with Gasteiger partial charge in [0.25, 0.3) is 0 Å². The van der Waals surface area contributed by atoms with E-state index in [9.17, 15) is 0 Å². The Kier molecular flexibility index (Phi) is 7.10. The highest BCUT2D eigenvalue weighted by Gasteiger charge is 2.18. The van der Waals surface area contributed by atoms with Gasteiger partial charge < -0.3 is 9.80 Å². The molecule has 1 aromatic heterocycles. The average Bonchev–Trinajstić information content (AvgIpc) is 2.72. The van der Waals surface area contributed by atoms with E-state index in [-0.39, 0.29) is 0 Å². The standard InChI is InChI=1S/C21H31N5S/c1-17(27-4)18-6-5-7-19(14-18)20-15-22-21(23-16-20)26-12-10-25(11-13-26)9-8-24(2)3/h5-7,14-17H,8-13H2,1-4H3/t17-/m0/s1. The van der Waals surface area contributed by atoms with Crippen molar-refractivity contribution in [1.82, 2.24) is 19.8 Å². The summed E-state index contributed by atoms with van der Waals surface area (Å²) in [6.45, 7) is 8.62. The Labute approximate surface area is 167 Å². The maximum atomic E-state index is 4.66. The number of nitrogens with zero attached hydrogens (tertiary/aromatic N) is 5. The summed E-state index contributed by atoms with van der Waals surface area (Å²) in [6.07, 6.45) is 6.07. The molecule has 2 aromatic rings. The van der Waals surface area contributed by atoms with Crippen molar-refractivity contribution in [2.24, 2.45) is 0 Å². The number of piperazine rings is 1. The molecule has 0 spiro atoms. The van der Waals surface area contributed by atoms with Crippen LogP contribution < -0.4 is 4.90 Å². The van der Waals surface area contributed by atoms with Crippen LogP contribution in [0.4, 0.5) is 5.95 Å². The third-order valence-electron chi connectivity index (χ3n) is 5.20. The van der Waals surface area contributed by atoms with E-state index in [4.69, 9.17) is 0 Å². The fourth-order valence-electron chi connectivity index (χ4n) is 3.25. The predicted molar refractivity (Wildman–Crippen MR) is 117 cm³/mol. The topological polar surface area (TPSA) is 35.5 Å². The van der Waals surface area contributed by atoms with E-state index < -0.39 is 0 Å². The molecule has 27 heavy (non-hydrogen) atoms. The Bertz CT molecular complexity index is 711. The molecular weight excluding hydrogens is 354 g/mol. The lowest BCUT2D eigenvalue weighted by Crippen LogP contribution is -2.48. The van der Waals surface area contributed by atoms with Crippen LogP contribution in [0.15, 0.2) is 36.7 Å². The molecule has 0 unspecified atom stereocenters. The zero-order valence-corrected chi connectivity index (χ0v) is 17.7. The Morgan fingerprint density at radius 2 is 1.78 bits per heavy atom. The number of anilines is 1. The maximum Gasteiger partial charge on any atom is 0.225 e. The fourth-order valence-corrected chi connectivity index (χ4v) is 3.67. The van der Waals surface area contributed by atoms with E-state index in [1.54, 1.807) is 0 Å². The summed E-state index contributed by atoms with van der Waals surface area (Å²) in [7, 11) is 4.26. The van der Waals surface area contributed by atoms with Crippen LogP contribution in [0.1, 0.15) is 17.7 Å². The first-order chi connectivity index (χ1) is 13.1. The van der Waals surface area contributed by atoms with E-state index in [2.05, 4.69) is 76.2 Å². The molecule has 1 atom stereocenters. The Hall–Kier alpha value is -1.63. The van der Waals surface area contributed by atoms with Gasteiger partial charge in [0.2, 0.25) is 5.95 Å². The molecular formula is C21H31N5S. The highest BCUT2D eigenvalue weighted by Crippen LogP contribution is 2.29. The highest BCUT2D eigenvalue weighted by molar-refractivity contribution is 7.98. The average molecular weight is 386 g/mol. The summed E-state index contributed by atoms with van der Waals surface area (Å²) in [5.74, 6) is 0.847. The minimum Gasteiger partial charge on any atom is -0.338 e. The molecule has 1 saturated heterocycles. The Balaban J connectivity index is 1.61. The molecule has 2 heterocycles. The van der Waals surface area contributed by atoms with Crippen molar-refractivity contribution in [3.8, 4) is 11.1 Å². The molecule has 6 heteroatoms. The van der Waals surface area contributed by atoms with Crippen LogP contribution in [0.2, 0.25) is 0 Å². The smallest absolute Gasteiger partial charge is 0.225 e. The Morgan fingerprint density at radius 1 is 1.07 bits per heavy atom. The van der Waals surface area contributed by atoms with Crippen LogP contribution in [-0.4, -0.2) is 79.4 Å². The lowest BCUT2D eigenvalue weighted by atomic mass is 10.0. The summed E-state index contributed by atoms with van der Waals surface area (Å²) < 4.78 is 0. The van der Waals surface area contributed by atoms with Gasteiger partial charge in [0.05, 0.1) is 0 Å². The number of thioether (sulfide) groups is 1. The van der Waals surface area contributed by atoms with E-state index in [1.807, 2.05) is 24.2 Å². The molecule has 0 amide bonds. The van der Waals surface area contributed by atoms with Crippen LogP contribution >= 0.6 is 11.8 Å². The van der Waals surface area contributed by atoms with Gasteiger partial charge in [-0.3, -0.25) is 4.90 Å². The number of hydrogen-bond acceptors (Lipinski definition) is 6. The van der Waals surface area contributed by atoms with Gasteiger partial charge in [-0.05, 0) is 44.5 Å². The molecule has 1 aromatic carbocycles. The van der Waals surface area contributed by atoms with Crippen molar-refractivity contribution in [3.05, 3.63) is 42.2 Å². The summed E-state index contributed by atoms with van der Waals surface area (Å²) in [6, 6.07) is 8.70. The van der Waals surface area contributed by atoms with Crippen LogP contribution in [0, 0.1) is 0 Å². The summed E-state index contributed by atoms with van der Waals surface area (Å²) in [4.78, 5) is 16.4. The zero-order chi connectivity index (χ0) is 19.2. The lowest BCUT2D eigenvalue weighted by Gasteiger charge is -2.35. The van der Waals surface area contributed by atoms with Gasteiger partial charge in [-0.1, -0.05) is 18.2 Å². The number of likely N-dealkylation sites (N-methyl/N-ethyl adjacent to an activating group) is 1. The van der Waals surface area contributed by atoms with Crippen molar-refractivity contribution in [2.75, 3.05) is 64.5 Å². The monoisotopic (exact) mass is 385 g/mol. The first-order valence-corrected chi connectivity index (χ1v) is 10.9. The molecule has 0 bridgehead atoms. The van der Waals surface area contributed by atoms with Crippen molar-refractivity contribution in [3.63, 3.8) is 0 Å². The van der Waals surface area contributed by atoms with Gasteiger partial charge in [0.15, 0.2) is 0 Å². The molecule has 3 rings (SSSR count). The van der Waals surface area contributed by atoms with Gasteiger partial charge in [0, 0.05) is 62.5 Å². The second kappa shape index (κ2) is 9.53. The summed E-state index contributed by atoms with van der Waals surface area (Å²) in [5.41, 5.74) is 3.62. The van der Waals surface area contributed by atoms with Crippen LogP contribution in [0.5, 0.6) is 0 Å². The molecule has 5 nitrogen and oxygen atoms in total. The predicted octanol–water partition coefficient (Wildman–Crippen LogP) is 3.25. The first kappa shape index (κ1) is 20.1. The quantitative estimate of drug-likeness (QED) is 0.728. The zero-order valence-electron chi connectivity index (χ0n) is 16.9. The molecule has 0 N–H and O–H groups in total. The Morgan fingerprint density at radius 3 is 2.41 bits per heavy atom. The SMILES string of the molecule is CS[C@@H](C)c1cccc(-c2cnc(N3CCN(CCN(C)C)CC3)nc2)c1. The van der Waals surface area contributed by atoms with Gasteiger partial charge >= 0.3 is 0 Å². The largest absolute Gasteiger partial charge is 0.338 e. The van der Waals surface area contributed by atoms with Crippen LogP contribution in [-0.2, 0) is 0 Å². The van der Waals surface area contributed by atoms with Crippen molar-refractivity contribution >= 4 is 17.7 Å². The maximum absolute atomic E-state index is 4.66. The van der Waals surface area contributed by atoms with Gasteiger partial charge in [-0.25, -0.2) is 9.97 Å². The lowest BCUT2D eigenvalue weighted by molar-refractivity contribution is 0.228. The van der Waals surface area contributed by atoms with Gasteiger partial charge in [-0.2, -0.15) is 11.8 Å². The van der Waals surface area contributed by atoms with Gasteiger partial charge in [-0.15, -0.1) is 0 Å². The highest BCUT2D eigenvalue weighted by atomic mass is 32.2. The molecule has 1 aliphatic heterocycles. The normalized spacial score (nSPS) is 16.7. The van der Waals surface area contributed by atoms with E-state index >= 15 is 0 Å². The first-order valence-electron chi connectivity index (χ1n) is 9.64. The molecule has 0 saturated carbocycles. The third kappa shape index (κ3) is 5.43. The number of aromatic nitrogens is 2. The second-order valence-corrected chi connectivity index (χ2v) is 8.59. The number of hydrogen-bond donors (Lipinski definition) is 0. The summed E-state index contributed by atoms with van der Waals surface area (Å²) >= 11 is 1.86. The fraction of sp³-hybridized carbons (Fsp3) is 0.524. The van der Waals surface area contributed by atoms with Crippen molar-refractivity contribution in [2.45, 2.75) is 12.2 Å². The van der Waals surface area contributed by atoms with Crippen LogP contribution in [0.3, 0.4) is 0 Å². The minimum atomic E-state index is 0.494. The van der Waals surface area contributed by atoms with Gasteiger partial charge in [0.1, 0.15) is 0 Å². The molecule has 1 aliphatic rings. The molecule has 0 aliphatic carbocycles. The molecule has 146 valence electrons. The second-order valence-electron chi connectivity index (χ2n) is 7.41. The third-order valence-corrected chi connectivity index (χ3v) is 6.18. The number of benzene rings is 1. The van der Waals surface area contributed by atoms with Crippen molar-refractivity contribution < 1.29 is 0 Å². The van der Waals surface area contributed by atoms with Crippen LogP contribution in [0.25, 0.3) is 11.1 Å². The number of rotatable bonds is 7. The summed E-state index contributed by atoms with van der Waals surface area (Å²) in [5, 5.41) is 0.494. The van der Waals surface area contributed by atoms with Crippen molar-refractivity contribution in [1.29, 1.82) is 0 Å². The minimum absolute atomic E-state index is 0.494. The van der Waals surface area contributed by atoms with E-state index in [0.29, 0.717) is 5.25 Å². The van der Waals surface area contributed by atoms with E-state index in [0.717, 1.165) is 50.8 Å². The molecule has 0 radical (unpaired) electrons. The van der Waals surface area contributed by atoms with E-state index in [1.165, 1.54) is 11.1 Å². The molecule has 1 fully saturated rings.